The zero-order valence-electron chi connectivity index (χ0n) is 15.2. The van der Waals surface area contributed by atoms with Crippen molar-refractivity contribution in [2.45, 2.75) is 19.9 Å². The van der Waals surface area contributed by atoms with Gasteiger partial charge in [0.1, 0.15) is 11.5 Å². The van der Waals surface area contributed by atoms with Gasteiger partial charge >= 0.3 is 0 Å². The average molecular weight is 357 g/mol. The molecule has 7 heteroatoms. The second-order valence-corrected chi connectivity index (χ2v) is 5.63. The van der Waals surface area contributed by atoms with E-state index in [0.29, 0.717) is 30.3 Å². The molecule has 2 aromatic rings. The van der Waals surface area contributed by atoms with Crippen LogP contribution >= 0.6 is 0 Å². The molecule has 2 amide bonds. The molecule has 1 heterocycles. The van der Waals surface area contributed by atoms with Crippen molar-refractivity contribution in [3.8, 4) is 11.5 Å². The van der Waals surface area contributed by atoms with Gasteiger partial charge in [-0.2, -0.15) is 0 Å². The summed E-state index contributed by atoms with van der Waals surface area (Å²) in [6.45, 7) is 2.15. The molecule has 0 spiro atoms. The van der Waals surface area contributed by atoms with E-state index in [1.807, 2.05) is 18.2 Å². The third-order valence-corrected chi connectivity index (χ3v) is 3.82. The lowest BCUT2D eigenvalue weighted by molar-refractivity contribution is -0.130. The van der Waals surface area contributed by atoms with Crippen molar-refractivity contribution in [1.82, 2.24) is 9.88 Å². The summed E-state index contributed by atoms with van der Waals surface area (Å²) < 4.78 is 10.4. The van der Waals surface area contributed by atoms with Crippen LogP contribution in [-0.2, 0) is 16.1 Å². The number of benzene rings is 1. The predicted molar refractivity (Wildman–Crippen MR) is 98.1 cm³/mol. The average Bonchev–Trinajstić information content (AvgIpc) is 2.66. The number of amides is 2. The number of anilines is 1. The van der Waals surface area contributed by atoms with E-state index in [9.17, 15) is 9.59 Å². The monoisotopic (exact) mass is 357 g/mol. The molecule has 1 N–H and O–H groups in total. The standard InChI is InChI=1S/C19H23N3O4/c1-14(23)22(13-15-6-4-5-10-20-15)11-9-19(24)21-17-8-7-16(25-2)12-18(17)26-3/h4-8,10,12H,9,11,13H2,1-3H3,(H,21,24). The van der Waals surface area contributed by atoms with Crippen molar-refractivity contribution in [1.29, 1.82) is 0 Å². The molecule has 0 aliphatic rings. The second-order valence-electron chi connectivity index (χ2n) is 5.63. The van der Waals surface area contributed by atoms with Crippen LogP contribution in [0.15, 0.2) is 42.6 Å². The molecule has 0 saturated heterocycles. The maximum atomic E-state index is 12.3. The molecule has 26 heavy (non-hydrogen) atoms. The van der Waals surface area contributed by atoms with Crippen molar-refractivity contribution < 1.29 is 19.1 Å². The van der Waals surface area contributed by atoms with Crippen LogP contribution in [-0.4, -0.2) is 42.5 Å². The normalized spacial score (nSPS) is 10.1. The summed E-state index contributed by atoms with van der Waals surface area (Å²) in [4.78, 5) is 29.9. The van der Waals surface area contributed by atoms with E-state index in [2.05, 4.69) is 10.3 Å². The highest BCUT2D eigenvalue weighted by Crippen LogP contribution is 2.29. The molecule has 0 bridgehead atoms. The fraction of sp³-hybridized carbons (Fsp3) is 0.316. The highest BCUT2D eigenvalue weighted by molar-refractivity contribution is 5.92. The second kappa shape index (κ2) is 9.41. The van der Waals surface area contributed by atoms with Crippen LogP contribution in [0.25, 0.3) is 0 Å². The van der Waals surface area contributed by atoms with Gasteiger partial charge in [0.25, 0.3) is 0 Å². The van der Waals surface area contributed by atoms with E-state index < -0.39 is 0 Å². The Morgan fingerprint density at radius 1 is 1.15 bits per heavy atom. The highest BCUT2D eigenvalue weighted by atomic mass is 16.5. The Bertz CT molecular complexity index is 750. The maximum absolute atomic E-state index is 12.3. The molecule has 0 atom stereocenters. The molecule has 0 unspecified atom stereocenters. The molecular formula is C19H23N3O4. The van der Waals surface area contributed by atoms with Crippen molar-refractivity contribution in [2.24, 2.45) is 0 Å². The first kappa shape index (κ1) is 19.2. The van der Waals surface area contributed by atoms with Crippen molar-refractivity contribution in [2.75, 3.05) is 26.1 Å². The first-order valence-electron chi connectivity index (χ1n) is 8.20. The summed E-state index contributed by atoms with van der Waals surface area (Å²) in [5, 5.41) is 2.80. The number of aromatic nitrogens is 1. The number of carbonyl (C=O) groups excluding carboxylic acids is 2. The molecule has 138 valence electrons. The van der Waals surface area contributed by atoms with Crippen LogP contribution in [0, 0.1) is 0 Å². The number of rotatable bonds is 8. The van der Waals surface area contributed by atoms with Crippen LogP contribution in [0.3, 0.4) is 0 Å². The van der Waals surface area contributed by atoms with Gasteiger partial charge < -0.3 is 19.7 Å². The van der Waals surface area contributed by atoms with Gasteiger partial charge in [-0.25, -0.2) is 0 Å². The molecule has 0 radical (unpaired) electrons. The Kier molecular flexibility index (Phi) is 6.96. The van der Waals surface area contributed by atoms with Crippen LogP contribution in [0.2, 0.25) is 0 Å². The first-order chi connectivity index (χ1) is 12.5. The predicted octanol–water partition coefficient (Wildman–Crippen LogP) is 2.48. The molecule has 2 rings (SSSR count). The van der Waals surface area contributed by atoms with Crippen molar-refractivity contribution in [3.63, 3.8) is 0 Å². The summed E-state index contributed by atoms with van der Waals surface area (Å²) in [7, 11) is 3.08. The maximum Gasteiger partial charge on any atom is 0.226 e. The largest absolute Gasteiger partial charge is 0.497 e. The molecular weight excluding hydrogens is 334 g/mol. The van der Waals surface area contributed by atoms with E-state index in [4.69, 9.17) is 9.47 Å². The SMILES string of the molecule is COc1ccc(NC(=O)CCN(Cc2ccccn2)C(C)=O)c(OC)c1. The Hall–Kier alpha value is -3.09. The number of nitrogens with zero attached hydrogens (tertiary/aromatic N) is 2. The third kappa shape index (κ3) is 5.47. The van der Waals surface area contributed by atoms with Gasteiger partial charge in [0.05, 0.1) is 32.1 Å². The fourth-order valence-electron chi connectivity index (χ4n) is 2.39. The summed E-state index contributed by atoms with van der Waals surface area (Å²) in [6.07, 6.45) is 1.85. The smallest absolute Gasteiger partial charge is 0.226 e. The number of hydrogen-bond donors (Lipinski definition) is 1. The third-order valence-electron chi connectivity index (χ3n) is 3.82. The number of carbonyl (C=O) groups is 2. The Balaban J connectivity index is 1.95. The number of ether oxygens (including phenoxy) is 2. The lowest BCUT2D eigenvalue weighted by Gasteiger charge is -2.20. The first-order valence-corrected chi connectivity index (χ1v) is 8.20. The van der Waals surface area contributed by atoms with E-state index in [1.54, 1.807) is 36.4 Å². The van der Waals surface area contributed by atoms with Gasteiger partial charge in [0.15, 0.2) is 0 Å². The number of methoxy groups -OCH3 is 2. The van der Waals surface area contributed by atoms with Crippen molar-refractivity contribution in [3.05, 3.63) is 48.3 Å². The van der Waals surface area contributed by atoms with E-state index in [0.717, 1.165) is 5.69 Å². The lowest BCUT2D eigenvalue weighted by atomic mass is 10.2. The lowest BCUT2D eigenvalue weighted by Crippen LogP contribution is -2.31. The molecule has 0 fully saturated rings. The molecule has 0 aliphatic carbocycles. The van der Waals surface area contributed by atoms with Crippen LogP contribution in [0.5, 0.6) is 11.5 Å². The molecule has 1 aromatic heterocycles. The number of pyridine rings is 1. The van der Waals surface area contributed by atoms with Crippen LogP contribution in [0.1, 0.15) is 19.0 Å². The number of hydrogen-bond acceptors (Lipinski definition) is 5. The van der Waals surface area contributed by atoms with Crippen LogP contribution in [0.4, 0.5) is 5.69 Å². The Morgan fingerprint density at radius 3 is 2.58 bits per heavy atom. The summed E-state index contributed by atoms with van der Waals surface area (Å²) in [6, 6.07) is 10.7. The van der Waals surface area contributed by atoms with Gasteiger partial charge in [0, 0.05) is 32.2 Å². The Labute approximate surface area is 152 Å². The zero-order valence-corrected chi connectivity index (χ0v) is 15.2. The molecule has 7 nitrogen and oxygen atoms in total. The summed E-state index contributed by atoms with van der Waals surface area (Å²) in [5.74, 6) is 0.832. The minimum Gasteiger partial charge on any atom is -0.497 e. The summed E-state index contributed by atoms with van der Waals surface area (Å²) >= 11 is 0. The minimum atomic E-state index is -0.208. The van der Waals surface area contributed by atoms with E-state index >= 15 is 0 Å². The topological polar surface area (TPSA) is 80.8 Å². The van der Waals surface area contributed by atoms with Gasteiger partial charge in [-0.05, 0) is 24.3 Å². The van der Waals surface area contributed by atoms with Crippen molar-refractivity contribution >= 4 is 17.5 Å². The minimum absolute atomic E-state index is 0.106. The van der Waals surface area contributed by atoms with E-state index in [1.165, 1.54) is 14.0 Å². The highest BCUT2D eigenvalue weighted by Gasteiger charge is 2.14. The van der Waals surface area contributed by atoms with Gasteiger partial charge in [-0.3, -0.25) is 14.6 Å². The van der Waals surface area contributed by atoms with Gasteiger partial charge in [-0.1, -0.05) is 6.07 Å². The van der Waals surface area contributed by atoms with Gasteiger partial charge in [0.2, 0.25) is 11.8 Å². The van der Waals surface area contributed by atoms with Crippen LogP contribution < -0.4 is 14.8 Å². The quantitative estimate of drug-likeness (QED) is 0.785. The summed E-state index contributed by atoms with van der Waals surface area (Å²) in [5.41, 5.74) is 1.33. The number of nitrogens with one attached hydrogen (secondary N) is 1. The fourth-order valence-corrected chi connectivity index (χ4v) is 2.39. The Morgan fingerprint density at radius 2 is 1.96 bits per heavy atom. The van der Waals surface area contributed by atoms with E-state index in [-0.39, 0.29) is 18.2 Å². The molecule has 0 saturated carbocycles. The zero-order chi connectivity index (χ0) is 18.9. The molecule has 0 aliphatic heterocycles. The molecule has 1 aromatic carbocycles. The van der Waals surface area contributed by atoms with Gasteiger partial charge in [-0.15, -0.1) is 0 Å².